The molecule has 0 bridgehead atoms. The first-order valence-corrected chi connectivity index (χ1v) is 6.98. The van der Waals surface area contributed by atoms with Crippen LogP contribution in [0.3, 0.4) is 0 Å². The van der Waals surface area contributed by atoms with Crippen molar-refractivity contribution in [1.29, 1.82) is 0 Å². The van der Waals surface area contributed by atoms with Crippen LogP contribution in [0.2, 0.25) is 0 Å². The van der Waals surface area contributed by atoms with E-state index in [2.05, 4.69) is 21.2 Å². The second-order valence-corrected chi connectivity index (χ2v) is 6.43. The second-order valence-electron chi connectivity index (χ2n) is 3.93. The first-order valence-electron chi connectivity index (χ1n) is 5.37. The van der Waals surface area contributed by atoms with E-state index in [9.17, 15) is 4.79 Å². The molecule has 1 heterocycles. The third-order valence-corrected chi connectivity index (χ3v) is 4.09. The van der Waals surface area contributed by atoms with Crippen LogP contribution in [0.5, 0.6) is 0 Å². The van der Waals surface area contributed by atoms with E-state index < -0.39 is 0 Å². The Bertz CT molecular complexity index is 403. The molecule has 1 aromatic heterocycles. The highest BCUT2D eigenvalue weighted by molar-refractivity contribution is 9.11. The number of hydrogen-bond donors (Lipinski definition) is 2. The zero-order valence-electron chi connectivity index (χ0n) is 9.81. The van der Waals surface area contributed by atoms with Crippen LogP contribution in [0.1, 0.15) is 18.7 Å². The lowest BCUT2D eigenvalue weighted by Gasteiger charge is -2.17. The van der Waals surface area contributed by atoms with Crippen LogP contribution in [-0.2, 0) is 4.79 Å². The van der Waals surface area contributed by atoms with Crippen LogP contribution < -0.4 is 5.32 Å². The number of rotatable bonds is 5. The van der Waals surface area contributed by atoms with E-state index in [0.717, 1.165) is 8.66 Å². The van der Waals surface area contributed by atoms with Crippen LogP contribution in [0, 0.1) is 5.92 Å². The Labute approximate surface area is 114 Å². The number of carbonyl (C=O) groups is 1. The van der Waals surface area contributed by atoms with Crippen molar-refractivity contribution in [2.75, 3.05) is 6.61 Å². The van der Waals surface area contributed by atoms with Crippen molar-refractivity contribution in [2.45, 2.75) is 19.9 Å². The van der Waals surface area contributed by atoms with Gasteiger partial charge in [-0.25, -0.2) is 0 Å². The highest BCUT2D eigenvalue weighted by Crippen LogP contribution is 2.22. The number of carbonyl (C=O) groups excluding carboxylic acids is 1. The van der Waals surface area contributed by atoms with Crippen LogP contribution in [0.4, 0.5) is 0 Å². The molecule has 2 atom stereocenters. The van der Waals surface area contributed by atoms with Gasteiger partial charge in [0.2, 0.25) is 5.91 Å². The van der Waals surface area contributed by atoms with Crippen molar-refractivity contribution in [2.24, 2.45) is 5.92 Å². The number of nitrogens with one attached hydrogen (secondary N) is 1. The number of aliphatic hydroxyl groups is 1. The second kappa shape index (κ2) is 6.93. The highest BCUT2D eigenvalue weighted by atomic mass is 79.9. The molecule has 5 heteroatoms. The van der Waals surface area contributed by atoms with E-state index in [4.69, 9.17) is 5.11 Å². The fourth-order valence-electron chi connectivity index (χ4n) is 1.15. The van der Waals surface area contributed by atoms with E-state index >= 15 is 0 Å². The van der Waals surface area contributed by atoms with E-state index in [1.54, 1.807) is 17.4 Å². The summed E-state index contributed by atoms with van der Waals surface area (Å²) in [4.78, 5) is 12.6. The Kier molecular flexibility index (Phi) is 5.88. The van der Waals surface area contributed by atoms with Gasteiger partial charge in [-0.05, 0) is 47.0 Å². The molecule has 0 aliphatic carbocycles. The van der Waals surface area contributed by atoms with Gasteiger partial charge >= 0.3 is 0 Å². The van der Waals surface area contributed by atoms with Crippen LogP contribution in [0.25, 0.3) is 6.08 Å². The minimum Gasteiger partial charge on any atom is -0.396 e. The Morgan fingerprint density at radius 2 is 2.29 bits per heavy atom. The average molecular weight is 318 g/mol. The molecule has 0 aliphatic rings. The molecule has 0 aromatic carbocycles. The van der Waals surface area contributed by atoms with Crippen molar-refractivity contribution in [3.8, 4) is 0 Å². The maximum absolute atomic E-state index is 11.6. The summed E-state index contributed by atoms with van der Waals surface area (Å²) >= 11 is 4.93. The molecule has 1 amide bonds. The smallest absolute Gasteiger partial charge is 0.244 e. The first kappa shape index (κ1) is 14.4. The Morgan fingerprint density at radius 1 is 1.59 bits per heavy atom. The van der Waals surface area contributed by atoms with Crippen LogP contribution >= 0.6 is 27.3 Å². The number of halogens is 1. The molecular formula is C12H16BrNO2S. The molecule has 2 N–H and O–H groups in total. The van der Waals surface area contributed by atoms with Gasteiger partial charge in [0.15, 0.2) is 0 Å². The summed E-state index contributed by atoms with van der Waals surface area (Å²) in [5, 5.41) is 11.8. The van der Waals surface area contributed by atoms with Crippen molar-refractivity contribution < 1.29 is 9.90 Å². The first-order chi connectivity index (χ1) is 8.02. The van der Waals surface area contributed by atoms with E-state index in [0.29, 0.717) is 0 Å². The third kappa shape index (κ3) is 5.02. The normalized spacial score (nSPS) is 14.8. The van der Waals surface area contributed by atoms with Crippen molar-refractivity contribution in [3.63, 3.8) is 0 Å². The zero-order valence-corrected chi connectivity index (χ0v) is 12.2. The summed E-state index contributed by atoms with van der Waals surface area (Å²) in [7, 11) is 0. The summed E-state index contributed by atoms with van der Waals surface area (Å²) in [6.07, 6.45) is 3.29. The number of hydrogen-bond acceptors (Lipinski definition) is 3. The van der Waals surface area contributed by atoms with Crippen molar-refractivity contribution >= 4 is 39.2 Å². The SMILES string of the molecule is CC(CO)C(C)NC(=O)/C=C/c1ccc(Br)s1. The maximum Gasteiger partial charge on any atom is 0.244 e. The number of aliphatic hydroxyl groups excluding tert-OH is 1. The fourth-order valence-corrected chi connectivity index (χ4v) is 2.47. The van der Waals surface area contributed by atoms with Gasteiger partial charge in [-0.1, -0.05) is 6.92 Å². The summed E-state index contributed by atoms with van der Waals surface area (Å²) in [5.74, 6) is -0.0782. The highest BCUT2D eigenvalue weighted by Gasteiger charge is 2.11. The van der Waals surface area contributed by atoms with Gasteiger partial charge < -0.3 is 10.4 Å². The molecule has 0 fully saturated rings. The average Bonchev–Trinajstić information content (AvgIpc) is 2.71. The summed E-state index contributed by atoms with van der Waals surface area (Å²) in [6, 6.07) is 3.85. The zero-order chi connectivity index (χ0) is 12.8. The molecular weight excluding hydrogens is 302 g/mol. The lowest BCUT2D eigenvalue weighted by atomic mass is 10.1. The van der Waals surface area contributed by atoms with Gasteiger partial charge in [0.05, 0.1) is 3.79 Å². The van der Waals surface area contributed by atoms with Gasteiger partial charge in [0.25, 0.3) is 0 Å². The van der Waals surface area contributed by atoms with Gasteiger partial charge in [-0.2, -0.15) is 0 Å². The quantitative estimate of drug-likeness (QED) is 0.820. The maximum atomic E-state index is 11.6. The molecule has 0 saturated carbocycles. The number of thiophene rings is 1. The predicted octanol–water partition coefficient (Wildman–Crippen LogP) is 2.66. The molecule has 2 unspecified atom stereocenters. The molecule has 94 valence electrons. The van der Waals surface area contributed by atoms with Crippen molar-refractivity contribution in [1.82, 2.24) is 5.32 Å². The van der Waals surface area contributed by atoms with E-state index in [-0.39, 0.29) is 24.5 Å². The Hall–Kier alpha value is -0.650. The van der Waals surface area contributed by atoms with Gasteiger partial charge in [-0.15, -0.1) is 11.3 Å². The van der Waals surface area contributed by atoms with Gasteiger partial charge in [-0.3, -0.25) is 4.79 Å². The summed E-state index contributed by atoms with van der Waals surface area (Å²) in [6.45, 7) is 3.85. The molecule has 0 spiro atoms. The monoisotopic (exact) mass is 317 g/mol. The lowest BCUT2D eigenvalue weighted by Crippen LogP contribution is -2.37. The molecule has 1 rings (SSSR count). The fraction of sp³-hybridized carbons (Fsp3) is 0.417. The molecule has 3 nitrogen and oxygen atoms in total. The minimum atomic E-state index is -0.137. The minimum absolute atomic E-state index is 0.0350. The summed E-state index contributed by atoms with van der Waals surface area (Å²) < 4.78 is 1.04. The van der Waals surface area contributed by atoms with Crippen LogP contribution in [0.15, 0.2) is 22.0 Å². The molecule has 0 saturated heterocycles. The van der Waals surface area contributed by atoms with E-state index in [1.165, 1.54) is 6.08 Å². The Balaban J connectivity index is 2.47. The third-order valence-electron chi connectivity index (χ3n) is 2.50. The summed E-state index contributed by atoms with van der Waals surface area (Å²) in [5.41, 5.74) is 0. The van der Waals surface area contributed by atoms with Crippen LogP contribution in [-0.4, -0.2) is 23.7 Å². The number of amides is 1. The molecule has 0 radical (unpaired) electrons. The van der Waals surface area contributed by atoms with Gasteiger partial charge in [0, 0.05) is 23.6 Å². The van der Waals surface area contributed by atoms with Crippen molar-refractivity contribution in [3.05, 3.63) is 26.9 Å². The predicted molar refractivity (Wildman–Crippen MR) is 74.9 cm³/mol. The molecule has 0 aliphatic heterocycles. The topological polar surface area (TPSA) is 49.3 Å². The molecule has 1 aromatic rings. The van der Waals surface area contributed by atoms with Gasteiger partial charge in [0.1, 0.15) is 0 Å². The van der Waals surface area contributed by atoms with E-state index in [1.807, 2.05) is 26.0 Å². The largest absolute Gasteiger partial charge is 0.396 e. The Morgan fingerprint density at radius 3 is 2.82 bits per heavy atom. The lowest BCUT2D eigenvalue weighted by molar-refractivity contribution is -0.117. The standard InChI is InChI=1S/C12H16BrNO2S/c1-8(7-15)9(2)14-12(16)6-4-10-3-5-11(13)17-10/h3-6,8-9,15H,7H2,1-2H3,(H,14,16)/b6-4+. The molecule has 17 heavy (non-hydrogen) atoms.